The quantitative estimate of drug-likeness (QED) is 0.669. The van der Waals surface area contributed by atoms with Crippen molar-refractivity contribution >= 4 is 16.6 Å². The first kappa shape index (κ1) is 11.2. The Kier molecular flexibility index (Phi) is 2.58. The van der Waals surface area contributed by atoms with Crippen molar-refractivity contribution in [1.29, 1.82) is 0 Å². The van der Waals surface area contributed by atoms with Crippen LogP contribution >= 0.6 is 0 Å². The molecule has 0 bridgehead atoms. The third-order valence-electron chi connectivity index (χ3n) is 2.89. The maximum atomic E-state index is 5.83. The molecule has 0 saturated heterocycles. The van der Waals surface area contributed by atoms with Crippen molar-refractivity contribution in [3.63, 3.8) is 0 Å². The van der Waals surface area contributed by atoms with E-state index in [0.717, 1.165) is 22.0 Å². The first-order valence-electron chi connectivity index (χ1n) is 5.73. The van der Waals surface area contributed by atoms with Crippen LogP contribution in [0.15, 0.2) is 42.6 Å². The standard InChI is InChI=1S/C15H10N4/c1-2-10-7-8-13(17-9-10)14-11-5-3-4-6-12(11)15(16)19-18-14/h1,3-9H,(H2,16,19). The summed E-state index contributed by atoms with van der Waals surface area (Å²) in [6.45, 7) is 0. The fourth-order valence-corrected chi connectivity index (χ4v) is 1.93. The molecule has 3 rings (SSSR count). The second-order valence-corrected chi connectivity index (χ2v) is 4.06. The Balaban J connectivity index is 2.25. The highest BCUT2D eigenvalue weighted by Gasteiger charge is 2.09. The van der Waals surface area contributed by atoms with Gasteiger partial charge in [-0.3, -0.25) is 4.98 Å². The molecule has 0 aliphatic carbocycles. The lowest BCUT2D eigenvalue weighted by atomic mass is 10.1. The Bertz CT molecular complexity index is 785. The number of anilines is 1. The number of rotatable bonds is 1. The van der Waals surface area contributed by atoms with E-state index >= 15 is 0 Å². The van der Waals surface area contributed by atoms with Crippen LogP contribution in [0.4, 0.5) is 5.82 Å². The van der Waals surface area contributed by atoms with Gasteiger partial charge >= 0.3 is 0 Å². The lowest BCUT2D eigenvalue weighted by Gasteiger charge is -2.06. The predicted octanol–water partition coefficient (Wildman–Crippen LogP) is 2.26. The summed E-state index contributed by atoms with van der Waals surface area (Å²) in [6.07, 6.45) is 6.96. The van der Waals surface area contributed by atoms with Crippen LogP contribution in [0.2, 0.25) is 0 Å². The zero-order chi connectivity index (χ0) is 13.2. The number of benzene rings is 1. The maximum absolute atomic E-state index is 5.83. The summed E-state index contributed by atoms with van der Waals surface area (Å²) >= 11 is 0. The van der Waals surface area contributed by atoms with Crippen molar-refractivity contribution < 1.29 is 0 Å². The molecule has 0 unspecified atom stereocenters. The smallest absolute Gasteiger partial charge is 0.154 e. The molecule has 0 radical (unpaired) electrons. The predicted molar refractivity (Wildman–Crippen MR) is 75.1 cm³/mol. The molecule has 0 amide bonds. The molecular formula is C15H10N4. The van der Waals surface area contributed by atoms with Gasteiger partial charge in [-0.2, -0.15) is 0 Å². The summed E-state index contributed by atoms with van der Waals surface area (Å²) in [7, 11) is 0. The summed E-state index contributed by atoms with van der Waals surface area (Å²) < 4.78 is 0. The Morgan fingerprint density at radius 2 is 1.79 bits per heavy atom. The van der Waals surface area contributed by atoms with Crippen molar-refractivity contribution in [3.8, 4) is 23.7 Å². The Hall–Kier alpha value is -2.93. The topological polar surface area (TPSA) is 64.7 Å². The minimum Gasteiger partial charge on any atom is -0.382 e. The molecular weight excluding hydrogens is 236 g/mol. The number of nitrogen functional groups attached to an aromatic ring is 1. The number of fused-ring (bicyclic) bond motifs is 1. The minimum atomic E-state index is 0.416. The van der Waals surface area contributed by atoms with E-state index in [1.165, 1.54) is 0 Å². The monoisotopic (exact) mass is 246 g/mol. The number of hydrogen-bond donors (Lipinski definition) is 1. The third-order valence-corrected chi connectivity index (χ3v) is 2.89. The molecule has 0 fully saturated rings. The zero-order valence-corrected chi connectivity index (χ0v) is 10.0. The highest BCUT2D eigenvalue weighted by Crippen LogP contribution is 2.27. The van der Waals surface area contributed by atoms with Crippen molar-refractivity contribution in [1.82, 2.24) is 15.2 Å². The molecule has 4 nitrogen and oxygen atoms in total. The third kappa shape index (κ3) is 1.87. The van der Waals surface area contributed by atoms with Crippen LogP contribution in [-0.4, -0.2) is 15.2 Å². The van der Waals surface area contributed by atoms with Gasteiger partial charge < -0.3 is 5.73 Å². The highest BCUT2D eigenvalue weighted by atomic mass is 15.1. The second kappa shape index (κ2) is 4.39. The van der Waals surface area contributed by atoms with Gasteiger partial charge in [0.15, 0.2) is 5.82 Å². The molecule has 3 aromatic rings. The van der Waals surface area contributed by atoms with E-state index in [1.54, 1.807) is 6.20 Å². The summed E-state index contributed by atoms with van der Waals surface area (Å²) in [5.74, 6) is 2.95. The number of terminal acetylenes is 1. The lowest BCUT2D eigenvalue weighted by Crippen LogP contribution is -1.98. The number of aromatic nitrogens is 3. The van der Waals surface area contributed by atoms with Crippen molar-refractivity contribution in [2.24, 2.45) is 0 Å². The van der Waals surface area contributed by atoms with E-state index in [9.17, 15) is 0 Å². The summed E-state index contributed by atoms with van der Waals surface area (Å²) in [5, 5.41) is 9.91. The van der Waals surface area contributed by atoms with Gasteiger partial charge in [0, 0.05) is 22.5 Å². The van der Waals surface area contributed by atoms with E-state index in [0.29, 0.717) is 11.5 Å². The fraction of sp³-hybridized carbons (Fsp3) is 0. The second-order valence-electron chi connectivity index (χ2n) is 4.06. The molecule has 2 aromatic heterocycles. The SMILES string of the molecule is C#Cc1ccc(-c2nnc(N)c3ccccc23)nc1. The van der Waals surface area contributed by atoms with Crippen LogP contribution in [-0.2, 0) is 0 Å². The molecule has 1 aromatic carbocycles. The van der Waals surface area contributed by atoms with E-state index in [2.05, 4.69) is 21.1 Å². The molecule has 90 valence electrons. The molecule has 4 heteroatoms. The van der Waals surface area contributed by atoms with E-state index in [-0.39, 0.29) is 0 Å². The zero-order valence-electron chi connectivity index (χ0n) is 10.0. The van der Waals surface area contributed by atoms with Gasteiger partial charge in [-0.05, 0) is 12.1 Å². The first-order valence-corrected chi connectivity index (χ1v) is 5.73. The Labute approximate surface area is 110 Å². The van der Waals surface area contributed by atoms with Crippen LogP contribution in [0.25, 0.3) is 22.2 Å². The number of nitrogens with zero attached hydrogens (tertiary/aromatic N) is 3. The van der Waals surface area contributed by atoms with Crippen LogP contribution < -0.4 is 5.73 Å². The average Bonchev–Trinajstić information content (AvgIpc) is 2.48. The van der Waals surface area contributed by atoms with Gasteiger partial charge in [-0.1, -0.05) is 30.2 Å². The molecule has 0 saturated carbocycles. The largest absolute Gasteiger partial charge is 0.382 e. The van der Waals surface area contributed by atoms with E-state index in [1.807, 2.05) is 36.4 Å². The molecule has 0 aliphatic heterocycles. The van der Waals surface area contributed by atoms with Crippen LogP contribution in [0.3, 0.4) is 0 Å². The molecule has 0 spiro atoms. The van der Waals surface area contributed by atoms with Crippen LogP contribution in [0, 0.1) is 12.3 Å². The minimum absolute atomic E-state index is 0.416. The average molecular weight is 246 g/mol. The Morgan fingerprint density at radius 3 is 2.47 bits per heavy atom. The highest BCUT2D eigenvalue weighted by molar-refractivity contribution is 5.98. The normalized spacial score (nSPS) is 10.3. The van der Waals surface area contributed by atoms with E-state index < -0.39 is 0 Å². The van der Waals surface area contributed by atoms with Crippen molar-refractivity contribution in [2.75, 3.05) is 5.73 Å². The number of pyridine rings is 1. The number of hydrogen-bond acceptors (Lipinski definition) is 4. The summed E-state index contributed by atoms with van der Waals surface area (Å²) in [4.78, 5) is 4.31. The van der Waals surface area contributed by atoms with Gasteiger partial charge in [0.25, 0.3) is 0 Å². The Morgan fingerprint density at radius 1 is 1.00 bits per heavy atom. The first-order chi connectivity index (χ1) is 9.29. The molecule has 0 atom stereocenters. The number of nitrogens with two attached hydrogens (primary N) is 1. The van der Waals surface area contributed by atoms with Crippen LogP contribution in [0.5, 0.6) is 0 Å². The van der Waals surface area contributed by atoms with Gasteiger partial charge in [0.1, 0.15) is 5.69 Å². The van der Waals surface area contributed by atoms with Crippen LogP contribution in [0.1, 0.15) is 5.56 Å². The van der Waals surface area contributed by atoms with Gasteiger partial charge in [-0.15, -0.1) is 16.6 Å². The summed E-state index contributed by atoms with van der Waals surface area (Å²) in [6, 6.07) is 11.4. The molecule has 19 heavy (non-hydrogen) atoms. The molecule has 0 aliphatic rings. The van der Waals surface area contributed by atoms with Crippen molar-refractivity contribution in [2.45, 2.75) is 0 Å². The fourth-order valence-electron chi connectivity index (χ4n) is 1.93. The van der Waals surface area contributed by atoms with Gasteiger partial charge in [-0.25, -0.2) is 0 Å². The summed E-state index contributed by atoms with van der Waals surface area (Å²) in [5.41, 5.74) is 7.99. The molecule has 2 heterocycles. The maximum Gasteiger partial charge on any atom is 0.154 e. The van der Waals surface area contributed by atoms with Crippen molar-refractivity contribution in [3.05, 3.63) is 48.2 Å². The molecule has 2 N–H and O–H groups in total. The van der Waals surface area contributed by atoms with Gasteiger partial charge in [0.2, 0.25) is 0 Å². The lowest BCUT2D eigenvalue weighted by molar-refractivity contribution is 1.06. The van der Waals surface area contributed by atoms with Gasteiger partial charge in [0.05, 0.1) is 5.69 Å². The van der Waals surface area contributed by atoms with E-state index in [4.69, 9.17) is 12.2 Å².